The van der Waals surface area contributed by atoms with Gasteiger partial charge in [-0.2, -0.15) is 5.10 Å². The molecule has 3 nitrogen and oxygen atoms in total. The highest BCUT2D eigenvalue weighted by Gasteiger charge is 2.17. The van der Waals surface area contributed by atoms with Crippen LogP contribution in [0.5, 0.6) is 0 Å². The van der Waals surface area contributed by atoms with Crippen molar-refractivity contribution in [1.29, 1.82) is 0 Å². The molecule has 1 N–H and O–H groups in total. The number of hydrogen-bond donors (Lipinski definition) is 1. The second-order valence-corrected chi connectivity index (χ2v) is 5.31. The predicted molar refractivity (Wildman–Crippen MR) is 74.9 cm³/mol. The number of nitrogens with one attached hydrogen (secondary N) is 1. The molecule has 1 aromatic carbocycles. The molecule has 0 bridgehead atoms. The predicted octanol–water partition coefficient (Wildman–Crippen LogP) is 3.40. The standard InChI is InChI=1S/C15H18F3N3/c1-8(2)19-7-11-9(3)20-21(10(11)4)15-6-13(17)12(16)5-14(15)18/h5-6,8,19H,7H2,1-4H3. The van der Waals surface area contributed by atoms with E-state index in [-0.39, 0.29) is 5.69 Å². The van der Waals surface area contributed by atoms with Crippen molar-refractivity contribution >= 4 is 0 Å². The molecule has 0 aliphatic heterocycles. The summed E-state index contributed by atoms with van der Waals surface area (Å²) in [7, 11) is 0. The Bertz CT molecular complexity index is 663. The van der Waals surface area contributed by atoms with Crippen LogP contribution in [0.25, 0.3) is 5.69 Å². The third kappa shape index (κ3) is 3.10. The molecule has 1 heterocycles. The maximum absolute atomic E-state index is 13.9. The van der Waals surface area contributed by atoms with E-state index in [4.69, 9.17) is 0 Å². The molecule has 0 saturated heterocycles. The van der Waals surface area contributed by atoms with Gasteiger partial charge in [0.1, 0.15) is 5.69 Å². The summed E-state index contributed by atoms with van der Waals surface area (Å²) in [6.07, 6.45) is 0. The van der Waals surface area contributed by atoms with Gasteiger partial charge in [-0.1, -0.05) is 13.8 Å². The molecule has 1 aromatic heterocycles. The van der Waals surface area contributed by atoms with E-state index in [0.717, 1.165) is 17.3 Å². The van der Waals surface area contributed by atoms with E-state index in [9.17, 15) is 13.2 Å². The molecule has 114 valence electrons. The lowest BCUT2D eigenvalue weighted by Crippen LogP contribution is -2.22. The van der Waals surface area contributed by atoms with Crippen LogP contribution >= 0.6 is 0 Å². The smallest absolute Gasteiger partial charge is 0.161 e. The van der Waals surface area contributed by atoms with Gasteiger partial charge in [0, 0.05) is 36.0 Å². The highest BCUT2D eigenvalue weighted by Crippen LogP contribution is 2.22. The fourth-order valence-electron chi connectivity index (χ4n) is 2.15. The fraction of sp³-hybridized carbons (Fsp3) is 0.400. The average molecular weight is 297 g/mol. The lowest BCUT2D eigenvalue weighted by molar-refractivity contribution is 0.491. The van der Waals surface area contributed by atoms with Crippen molar-refractivity contribution in [3.8, 4) is 5.69 Å². The minimum Gasteiger partial charge on any atom is -0.310 e. The Morgan fingerprint density at radius 2 is 1.71 bits per heavy atom. The highest BCUT2D eigenvalue weighted by atomic mass is 19.2. The Hall–Kier alpha value is -1.82. The summed E-state index contributed by atoms with van der Waals surface area (Å²) >= 11 is 0. The van der Waals surface area contributed by atoms with E-state index in [1.807, 2.05) is 13.8 Å². The number of benzene rings is 1. The molecule has 0 radical (unpaired) electrons. The maximum atomic E-state index is 13.9. The van der Waals surface area contributed by atoms with Gasteiger partial charge in [0.15, 0.2) is 17.5 Å². The summed E-state index contributed by atoms with van der Waals surface area (Å²) < 4.78 is 41.5. The van der Waals surface area contributed by atoms with Crippen molar-refractivity contribution in [1.82, 2.24) is 15.1 Å². The van der Waals surface area contributed by atoms with Gasteiger partial charge in [-0.25, -0.2) is 17.9 Å². The van der Waals surface area contributed by atoms with Crippen LogP contribution in [0.1, 0.15) is 30.8 Å². The summed E-state index contributed by atoms with van der Waals surface area (Å²) in [6, 6.07) is 1.66. The average Bonchev–Trinajstić information content (AvgIpc) is 2.67. The van der Waals surface area contributed by atoms with Gasteiger partial charge in [0.05, 0.1) is 5.69 Å². The van der Waals surface area contributed by atoms with Gasteiger partial charge in [0.25, 0.3) is 0 Å². The quantitative estimate of drug-likeness (QED) is 0.877. The molecule has 0 saturated carbocycles. The van der Waals surface area contributed by atoms with Gasteiger partial charge < -0.3 is 5.32 Å². The van der Waals surface area contributed by atoms with Gasteiger partial charge in [0.2, 0.25) is 0 Å². The zero-order valence-corrected chi connectivity index (χ0v) is 12.5. The molecule has 0 amide bonds. The van der Waals surface area contributed by atoms with E-state index in [1.54, 1.807) is 13.8 Å². The van der Waals surface area contributed by atoms with E-state index < -0.39 is 17.5 Å². The van der Waals surface area contributed by atoms with Crippen molar-refractivity contribution in [3.63, 3.8) is 0 Å². The molecular weight excluding hydrogens is 279 g/mol. The van der Waals surface area contributed by atoms with E-state index >= 15 is 0 Å². The molecule has 2 rings (SSSR count). The third-order valence-electron chi connectivity index (χ3n) is 3.35. The number of aromatic nitrogens is 2. The SMILES string of the molecule is Cc1nn(-c2cc(F)c(F)cc2F)c(C)c1CNC(C)C. The van der Waals surface area contributed by atoms with Crippen LogP contribution in [-0.2, 0) is 6.54 Å². The van der Waals surface area contributed by atoms with Crippen molar-refractivity contribution in [2.75, 3.05) is 0 Å². The molecule has 0 aliphatic carbocycles. The fourth-order valence-corrected chi connectivity index (χ4v) is 2.15. The Morgan fingerprint density at radius 1 is 1.10 bits per heavy atom. The van der Waals surface area contributed by atoms with Gasteiger partial charge >= 0.3 is 0 Å². The summed E-state index contributed by atoms with van der Waals surface area (Å²) in [4.78, 5) is 0. The van der Waals surface area contributed by atoms with Crippen LogP contribution in [0.3, 0.4) is 0 Å². The summed E-state index contributed by atoms with van der Waals surface area (Å²) in [6.45, 7) is 8.20. The Labute approximate surface area is 121 Å². The largest absolute Gasteiger partial charge is 0.310 e. The molecule has 0 spiro atoms. The first kappa shape index (κ1) is 15.6. The summed E-state index contributed by atoms with van der Waals surface area (Å²) in [5, 5.41) is 7.50. The Balaban J connectivity index is 2.46. The molecule has 2 aromatic rings. The van der Waals surface area contributed by atoms with Gasteiger partial charge in [-0.05, 0) is 13.8 Å². The van der Waals surface area contributed by atoms with Crippen LogP contribution in [-0.4, -0.2) is 15.8 Å². The number of hydrogen-bond acceptors (Lipinski definition) is 2. The van der Waals surface area contributed by atoms with Crippen molar-refractivity contribution in [3.05, 3.63) is 46.5 Å². The molecular formula is C15H18F3N3. The second-order valence-electron chi connectivity index (χ2n) is 5.31. The van der Waals surface area contributed by atoms with Crippen LogP contribution in [0, 0.1) is 31.3 Å². The van der Waals surface area contributed by atoms with E-state index in [2.05, 4.69) is 10.4 Å². The minimum atomic E-state index is -1.21. The van der Waals surface area contributed by atoms with Crippen LogP contribution in [0.2, 0.25) is 0 Å². The van der Waals surface area contributed by atoms with Crippen LogP contribution in [0.4, 0.5) is 13.2 Å². The zero-order chi connectivity index (χ0) is 15.7. The van der Waals surface area contributed by atoms with Gasteiger partial charge in [-0.3, -0.25) is 0 Å². The molecule has 0 atom stereocenters. The lowest BCUT2D eigenvalue weighted by atomic mass is 10.2. The Morgan fingerprint density at radius 3 is 2.33 bits per heavy atom. The minimum absolute atomic E-state index is 0.0923. The maximum Gasteiger partial charge on any atom is 0.161 e. The number of nitrogens with zero attached hydrogens (tertiary/aromatic N) is 2. The van der Waals surface area contributed by atoms with Gasteiger partial charge in [-0.15, -0.1) is 0 Å². The zero-order valence-electron chi connectivity index (χ0n) is 12.5. The number of rotatable bonds is 4. The van der Waals surface area contributed by atoms with Crippen LogP contribution in [0.15, 0.2) is 12.1 Å². The third-order valence-corrected chi connectivity index (χ3v) is 3.35. The normalized spacial score (nSPS) is 11.4. The number of halogens is 3. The first-order valence-electron chi connectivity index (χ1n) is 6.74. The van der Waals surface area contributed by atoms with Crippen molar-refractivity contribution in [2.45, 2.75) is 40.3 Å². The van der Waals surface area contributed by atoms with E-state index in [0.29, 0.717) is 24.3 Å². The summed E-state index contributed by atoms with van der Waals surface area (Å²) in [5.41, 5.74) is 2.26. The molecule has 0 fully saturated rings. The van der Waals surface area contributed by atoms with Crippen molar-refractivity contribution in [2.24, 2.45) is 0 Å². The monoisotopic (exact) mass is 297 g/mol. The molecule has 6 heteroatoms. The number of aryl methyl sites for hydroxylation is 1. The van der Waals surface area contributed by atoms with Crippen LogP contribution < -0.4 is 5.32 Å². The molecule has 0 unspecified atom stereocenters. The molecule has 0 aliphatic rings. The first-order chi connectivity index (χ1) is 9.81. The highest BCUT2D eigenvalue weighted by molar-refractivity contribution is 5.39. The second kappa shape index (κ2) is 5.89. The lowest BCUT2D eigenvalue weighted by Gasteiger charge is -2.09. The first-order valence-corrected chi connectivity index (χ1v) is 6.74. The topological polar surface area (TPSA) is 29.9 Å². The van der Waals surface area contributed by atoms with Crippen molar-refractivity contribution < 1.29 is 13.2 Å². The summed E-state index contributed by atoms with van der Waals surface area (Å²) in [5.74, 6) is -3.15. The van der Waals surface area contributed by atoms with E-state index in [1.165, 1.54) is 4.68 Å². The molecule has 21 heavy (non-hydrogen) atoms. The Kier molecular flexibility index (Phi) is 4.37.